The number of hydrogen-bond donors (Lipinski definition) is 1. The van der Waals surface area contributed by atoms with E-state index < -0.39 is 5.97 Å². The number of benzene rings is 3. The first-order valence-corrected chi connectivity index (χ1v) is 12.3. The van der Waals surface area contributed by atoms with E-state index in [-0.39, 0.29) is 11.5 Å². The number of hydrogen-bond acceptors (Lipinski definition) is 5. The van der Waals surface area contributed by atoms with Crippen LogP contribution in [-0.4, -0.2) is 34.1 Å². The van der Waals surface area contributed by atoms with Gasteiger partial charge in [-0.2, -0.15) is 0 Å². The molecule has 0 aliphatic carbocycles. The van der Waals surface area contributed by atoms with Crippen LogP contribution in [-0.2, 0) is 11.4 Å². The predicted octanol–water partition coefficient (Wildman–Crippen LogP) is 6.46. The third-order valence-electron chi connectivity index (χ3n) is 4.94. The summed E-state index contributed by atoms with van der Waals surface area (Å²) < 4.78 is 6.84. The first-order valence-electron chi connectivity index (χ1n) is 10.1. The number of rotatable bonds is 6. The second kappa shape index (κ2) is 10.6. The highest BCUT2D eigenvalue weighted by Crippen LogP contribution is 2.34. The summed E-state index contributed by atoms with van der Waals surface area (Å²) in [4.78, 5) is 30.3. The molecule has 1 amide bonds. The van der Waals surface area contributed by atoms with Gasteiger partial charge in [0.25, 0.3) is 5.91 Å². The predicted molar refractivity (Wildman–Crippen MR) is 144 cm³/mol. The van der Waals surface area contributed by atoms with Gasteiger partial charge in [-0.05, 0) is 88.5 Å². The van der Waals surface area contributed by atoms with Crippen LogP contribution in [0, 0.1) is 3.57 Å². The summed E-state index contributed by atoms with van der Waals surface area (Å²) in [7, 11) is 1.66. The lowest BCUT2D eigenvalue weighted by molar-refractivity contribution is -0.121. The van der Waals surface area contributed by atoms with Crippen molar-refractivity contribution in [1.29, 1.82) is 0 Å². The van der Waals surface area contributed by atoms with Crippen molar-refractivity contribution in [3.63, 3.8) is 0 Å². The molecule has 1 saturated heterocycles. The van der Waals surface area contributed by atoms with E-state index in [0.717, 1.165) is 20.4 Å². The number of nitrogens with zero attached hydrogens (tertiary/aromatic N) is 2. The van der Waals surface area contributed by atoms with Gasteiger partial charge in [-0.3, -0.25) is 9.69 Å². The van der Waals surface area contributed by atoms with Crippen molar-refractivity contribution in [3.8, 4) is 5.75 Å². The average molecular weight is 605 g/mol. The van der Waals surface area contributed by atoms with Gasteiger partial charge in [0.05, 0.1) is 19.7 Å². The summed E-state index contributed by atoms with van der Waals surface area (Å²) >= 11 is 9.67. The summed E-state index contributed by atoms with van der Waals surface area (Å²) in [5, 5.41) is 10.2. The van der Waals surface area contributed by atoms with Crippen molar-refractivity contribution in [2.24, 2.45) is 4.99 Å². The largest absolute Gasteiger partial charge is 0.488 e. The highest BCUT2D eigenvalue weighted by molar-refractivity contribution is 14.1. The molecule has 1 heterocycles. The molecule has 9 heteroatoms. The van der Waals surface area contributed by atoms with E-state index in [9.17, 15) is 9.59 Å². The van der Waals surface area contributed by atoms with Crippen LogP contribution in [0.15, 0.2) is 76.6 Å². The SMILES string of the molecule is CN1C(=O)/C(=C/c2ccc(OCc3ccccc3Cl)c(I)c2)SC1=Nc1ccc(C(=O)O)cc1. The van der Waals surface area contributed by atoms with E-state index in [4.69, 9.17) is 21.4 Å². The number of carbonyl (C=O) groups is 2. The molecule has 0 aromatic heterocycles. The standard InChI is InChI=1S/C25H18ClIN2O4S/c1-29-23(30)22(34-25(29)28-18-9-7-16(8-10-18)24(31)32)13-15-6-11-21(20(27)12-15)33-14-17-4-2-3-5-19(17)26/h2-13H,14H2,1H3,(H,31,32)/b22-13-,28-25?. The first-order chi connectivity index (χ1) is 16.3. The normalized spacial score (nSPS) is 15.9. The Morgan fingerprint density at radius 3 is 2.59 bits per heavy atom. The zero-order chi connectivity index (χ0) is 24.2. The summed E-state index contributed by atoms with van der Waals surface area (Å²) in [6.07, 6.45) is 1.82. The van der Waals surface area contributed by atoms with Crippen molar-refractivity contribution in [1.82, 2.24) is 4.90 Å². The maximum Gasteiger partial charge on any atom is 0.335 e. The third kappa shape index (κ3) is 5.63. The highest BCUT2D eigenvalue weighted by atomic mass is 127. The second-order valence-corrected chi connectivity index (χ2v) is 9.87. The fraction of sp³-hybridized carbons (Fsp3) is 0.0800. The highest BCUT2D eigenvalue weighted by Gasteiger charge is 2.30. The van der Waals surface area contributed by atoms with Gasteiger partial charge in [-0.15, -0.1) is 0 Å². The van der Waals surface area contributed by atoms with E-state index >= 15 is 0 Å². The second-order valence-electron chi connectivity index (χ2n) is 7.29. The Morgan fingerprint density at radius 2 is 1.91 bits per heavy atom. The Kier molecular flexibility index (Phi) is 7.60. The zero-order valence-electron chi connectivity index (χ0n) is 17.9. The maximum absolute atomic E-state index is 12.7. The Hall–Kier alpha value is -2.82. The number of amidine groups is 1. The smallest absolute Gasteiger partial charge is 0.335 e. The molecule has 0 saturated carbocycles. The molecule has 6 nitrogen and oxygen atoms in total. The van der Waals surface area contributed by atoms with Crippen molar-refractivity contribution in [2.45, 2.75) is 6.61 Å². The van der Waals surface area contributed by atoms with Crippen LogP contribution in [0.3, 0.4) is 0 Å². The van der Waals surface area contributed by atoms with Crippen molar-refractivity contribution in [2.75, 3.05) is 7.05 Å². The van der Waals surface area contributed by atoms with Crippen LogP contribution in [0.2, 0.25) is 5.02 Å². The average Bonchev–Trinajstić information content (AvgIpc) is 3.07. The molecule has 0 bridgehead atoms. The molecule has 4 rings (SSSR count). The van der Waals surface area contributed by atoms with Gasteiger partial charge in [-0.1, -0.05) is 35.9 Å². The molecule has 34 heavy (non-hydrogen) atoms. The van der Waals surface area contributed by atoms with Gasteiger partial charge < -0.3 is 9.84 Å². The van der Waals surface area contributed by atoms with Crippen LogP contribution in [0.5, 0.6) is 5.75 Å². The molecule has 1 aliphatic rings. The number of aliphatic imine (C=N–C) groups is 1. The van der Waals surface area contributed by atoms with E-state index in [1.165, 1.54) is 28.8 Å². The van der Waals surface area contributed by atoms with Crippen molar-refractivity contribution < 1.29 is 19.4 Å². The summed E-state index contributed by atoms with van der Waals surface area (Å²) in [6.45, 7) is 0.364. The Balaban J connectivity index is 1.49. The van der Waals surface area contributed by atoms with Gasteiger partial charge in [0.1, 0.15) is 12.4 Å². The zero-order valence-corrected chi connectivity index (χ0v) is 21.6. The quantitative estimate of drug-likeness (QED) is 0.258. The Morgan fingerprint density at radius 1 is 1.18 bits per heavy atom. The fourth-order valence-electron chi connectivity index (χ4n) is 3.09. The monoisotopic (exact) mass is 604 g/mol. The van der Waals surface area contributed by atoms with E-state index in [2.05, 4.69) is 27.6 Å². The molecular weight excluding hydrogens is 587 g/mol. The number of ether oxygens (including phenoxy) is 1. The molecule has 0 atom stereocenters. The van der Waals surface area contributed by atoms with Gasteiger partial charge in [0.2, 0.25) is 0 Å². The van der Waals surface area contributed by atoms with Crippen LogP contribution in [0.25, 0.3) is 6.08 Å². The van der Waals surface area contributed by atoms with Crippen molar-refractivity contribution in [3.05, 3.63) is 96.9 Å². The van der Waals surface area contributed by atoms with Crippen molar-refractivity contribution >= 4 is 74.8 Å². The summed E-state index contributed by atoms with van der Waals surface area (Å²) in [5.74, 6) is -0.418. The van der Waals surface area contributed by atoms with E-state index in [1.54, 1.807) is 19.2 Å². The van der Waals surface area contributed by atoms with Crippen LogP contribution >= 0.6 is 46.0 Å². The first kappa shape index (κ1) is 24.3. The number of amides is 1. The number of halogens is 2. The van der Waals surface area contributed by atoms with Gasteiger partial charge >= 0.3 is 5.97 Å². The summed E-state index contributed by atoms with van der Waals surface area (Å²) in [6, 6.07) is 19.5. The molecule has 1 fully saturated rings. The molecule has 172 valence electrons. The third-order valence-corrected chi connectivity index (χ3v) is 7.21. The van der Waals surface area contributed by atoms with Gasteiger partial charge in [0, 0.05) is 17.6 Å². The van der Waals surface area contributed by atoms with Crippen LogP contribution in [0.4, 0.5) is 5.69 Å². The number of aromatic carboxylic acids is 1. The number of carboxylic acid groups (broad SMARTS) is 1. The molecule has 3 aromatic rings. The minimum absolute atomic E-state index is 0.153. The molecular formula is C25H18ClIN2O4S. The topological polar surface area (TPSA) is 79.2 Å². The van der Waals surface area contributed by atoms with Gasteiger partial charge in [-0.25, -0.2) is 9.79 Å². The molecule has 0 radical (unpaired) electrons. The minimum Gasteiger partial charge on any atom is -0.488 e. The number of carboxylic acids is 1. The van der Waals surface area contributed by atoms with Crippen LogP contribution in [0.1, 0.15) is 21.5 Å². The van der Waals surface area contributed by atoms with E-state index in [1.807, 2.05) is 48.5 Å². The summed E-state index contributed by atoms with van der Waals surface area (Å²) in [5.41, 5.74) is 2.53. The lowest BCUT2D eigenvalue weighted by Crippen LogP contribution is -2.23. The number of carbonyl (C=O) groups excluding carboxylic acids is 1. The maximum atomic E-state index is 12.7. The lowest BCUT2D eigenvalue weighted by Gasteiger charge is -2.10. The molecule has 0 spiro atoms. The molecule has 0 unspecified atom stereocenters. The Labute approximate surface area is 219 Å². The fourth-order valence-corrected chi connectivity index (χ4v) is 4.96. The molecule has 1 N–H and O–H groups in total. The number of likely N-dealkylation sites (N-methyl/N-ethyl adjacent to an activating group) is 1. The molecule has 3 aromatic carbocycles. The molecule has 1 aliphatic heterocycles. The van der Waals surface area contributed by atoms with E-state index in [0.29, 0.717) is 27.4 Å². The lowest BCUT2D eigenvalue weighted by atomic mass is 10.2. The van der Waals surface area contributed by atoms with Crippen LogP contribution < -0.4 is 4.74 Å². The number of thioether (sulfide) groups is 1. The minimum atomic E-state index is -0.998. The Bertz CT molecular complexity index is 1320. The van der Waals surface area contributed by atoms with Gasteiger partial charge in [0.15, 0.2) is 5.17 Å².